The van der Waals surface area contributed by atoms with Crippen molar-refractivity contribution in [3.05, 3.63) is 69.7 Å². The monoisotopic (exact) mass is 613 g/mol. The zero-order valence-electron chi connectivity index (χ0n) is 23.3. The summed E-state index contributed by atoms with van der Waals surface area (Å²) in [5, 5.41) is 9.29. The zero-order valence-corrected chi connectivity index (χ0v) is 24.8. The summed E-state index contributed by atoms with van der Waals surface area (Å²) in [6, 6.07) is 12.8. The third-order valence-electron chi connectivity index (χ3n) is 6.29. The second kappa shape index (κ2) is 12.6. The van der Waals surface area contributed by atoms with Gasteiger partial charge in [0.15, 0.2) is 0 Å². The molecular formula is C29H28BCl2F2N5O3. The van der Waals surface area contributed by atoms with Crippen LogP contribution in [0.4, 0.5) is 26.1 Å². The molecule has 3 N–H and O–H groups in total. The van der Waals surface area contributed by atoms with E-state index in [1.807, 2.05) is 20.8 Å². The predicted molar refractivity (Wildman–Crippen MR) is 163 cm³/mol. The van der Waals surface area contributed by atoms with Gasteiger partial charge in [-0.3, -0.25) is 9.59 Å². The number of ether oxygens (including phenoxy) is 1. The topological polar surface area (TPSA) is 97.3 Å². The Morgan fingerprint density at radius 2 is 1.79 bits per heavy atom. The van der Waals surface area contributed by atoms with Gasteiger partial charge in [0.1, 0.15) is 20.2 Å². The highest BCUT2D eigenvalue weighted by Gasteiger charge is 2.23. The molecule has 2 amide bonds. The Hall–Kier alpha value is -3.83. The van der Waals surface area contributed by atoms with Gasteiger partial charge in [0.05, 0.1) is 32.3 Å². The summed E-state index contributed by atoms with van der Waals surface area (Å²) in [4.78, 5) is 30.1. The minimum atomic E-state index is -2.75. The number of carbonyl (C=O) groups is 2. The Morgan fingerprint density at radius 3 is 2.43 bits per heavy atom. The quantitative estimate of drug-likeness (QED) is 0.202. The van der Waals surface area contributed by atoms with Gasteiger partial charge in [-0.25, -0.2) is 13.8 Å². The lowest BCUT2D eigenvalue weighted by Crippen LogP contribution is -2.34. The molecular weight excluding hydrogens is 586 g/mol. The molecule has 8 nitrogen and oxygen atoms in total. The van der Waals surface area contributed by atoms with Crippen molar-refractivity contribution in [1.29, 1.82) is 0 Å². The number of halogens is 4. The summed E-state index contributed by atoms with van der Waals surface area (Å²) in [6.07, 6.45) is -2.75. The van der Waals surface area contributed by atoms with Gasteiger partial charge in [-0.1, -0.05) is 67.6 Å². The molecule has 0 spiro atoms. The molecule has 1 heterocycles. The minimum absolute atomic E-state index is 0.0114. The number of amides is 2. The van der Waals surface area contributed by atoms with Crippen LogP contribution in [0.3, 0.4) is 0 Å². The molecule has 0 aliphatic heterocycles. The maximum atomic E-state index is 13.2. The van der Waals surface area contributed by atoms with E-state index in [1.54, 1.807) is 48.0 Å². The number of aromatic nitrogens is 2. The molecule has 0 bridgehead atoms. The van der Waals surface area contributed by atoms with Crippen LogP contribution in [-0.2, 0) is 18.4 Å². The first-order chi connectivity index (χ1) is 19.7. The van der Waals surface area contributed by atoms with E-state index < -0.39 is 24.4 Å². The molecule has 0 saturated carbocycles. The minimum Gasteiger partial charge on any atom is -0.487 e. The second-order valence-electron chi connectivity index (χ2n) is 10.6. The lowest BCUT2D eigenvalue weighted by Gasteiger charge is -2.19. The maximum Gasteiger partial charge on any atom is 0.272 e. The van der Waals surface area contributed by atoms with Crippen molar-refractivity contribution >= 4 is 76.7 Å². The number of nitrogens with one attached hydrogen (secondary N) is 3. The molecule has 3 aromatic carbocycles. The number of hydrogen-bond donors (Lipinski definition) is 3. The van der Waals surface area contributed by atoms with E-state index in [1.165, 1.54) is 12.1 Å². The standard InChI is InChI=1S/C29H28BCl2F2N5O3/c1-29(2,3)27(41)35-13-15-5-10-19(31)25(24(15)32)38-28-37-20-11-18(26(40)36-17-8-6-16(30)7-9-17)22(42-14-23(33)34)12-21(20)39(28)4/h5-12,23H,13-14H2,1-4H3,(H,35,41)(H,36,40)(H,37,38). The first-order valence-corrected chi connectivity index (χ1v) is 13.6. The average molecular weight is 614 g/mol. The Kier molecular flexibility index (Phi) is 9.32. The van der Waals surface area contributed by atoms with Crippen LogP contribution in [0.5, 0.6) is 5.75 Å². The molecule has 42 heavy (non-hydrogen) atoms. The number of anilines is 3. The van der Waals surface area contributed by atoms with E-state index in [9.17, 15) is 18.4 Å². The van der Waals surface area contributed by atoms with E-state index in [0.29, 0.717) is 44.4 Å². The van der Waals surface area contributed by atoms with Gasteiger partial charge in [-0.15, -0.1) is 0 Å². The first-order valence-electron chi connectivity index (χ1n) is 12.8. The number of imidazole rings is 1. The number of fused-ring (bicyclic) bond motifs is 1. The van der Waals surface area contributed by atoms with Crippen LogP contribution in [0, 0.1) is 5.41 Å². The number of aryl methyl sites for hydroxylation is 1. The Bertz CT molecular complexity index is 1640. The molecule has 4 rings (SSSR count). The van der Waals surface area contributed by atoms with Gasteiger partial charge in [0.2, 0.25) is 11.9 Å². The van der Waals surface area contributed by atoms with Crippen LogP contribution in [0.2, 0.25) is 10.0 Å². The Morgan fingerprint density at radius 1 is 1.10 bits per heavy atom. The van der Waals surface area contributed by atoms with Crippen LogP contribution in [0.25, 0.3) is 11.0 Å². The van der Waals surface area contributed by atoms with Gasteiger partial charge in [0, 0.05) is 30.8 Å². The number of carbonyl (C=O) groups excluding carboxylic acids is 2. The summed E-state index contributed by atoms with van der Waals surface area (Å²) in [5.41, 5.74) is 2.27. The van der Waals surface area contributed by atoms with Crippen molar-refractivity contribution in [1.82, 2.24) is 14.9 Å². The van der Waals surface area contributed by atoms with E-state index >= 15 is 0 Å². The van der Waals surface area contributed by atoms with Gasteiger partial charge < -0.3 is 25.3 Å². The van der Waals surface area contributed by atoms with Gasteiger partial charge >= 0.3 is 0 Å². The molecule has 0 fully saturated rings. The first kappa shape index (κ1) is 31.1. The summed E-state index contributed by atoms with van der Waals surface area (Å²) in [5.74, 6) is -0.458. The molecule has 0 saturated heterocycles. The predicted octanol–water partition coefficient (Wildman–Crippen LogP) is 5.98. The molecule has 2 radical (unpaired) electrons. The van der Waals surface area contributed by atoms with Crippen molar-refractivity contribution in [3.63, 3.8) is 0 Å². The Balaban J connectivity index is 1.68. The van der Waals surface area contributed by atoms with E-state index in [-0.39, 0.29) is 28.8 Å². The number of hydrogen-bond acceptors (Lipinski definition) is 5. The van der Waals surface area contributed by atoms with Crippen LogP contribution >= 0.6 is 23.2 Å². The fraction of sp³-hybridized carbons (Fsp3) is 0.276. The molecule has 0 aliphatic carbocycles. The fourth-order valence-electron chi connectivity index (χ4n) is 3.94. The number of alkyl halides is 2. The smallest absolute Gasteiger partial charge is 0.272 e. The van der Waals surface area contributed by atoms with Crippen molar-refractivity contribution in [3.8, 4) is 5.75 Å². The highest BCUT2D eigenvalue weighted by Crippen LogP contribution is 2.37. The molecule has 4 aromatic rings. The zero-order chi connectivity index (χ0) is 30.8. The van der Waals surface area contributed by atoms with E-state index in [2.05, 4.69) is 20.9 Å². The molecule has 0 aliphatic rings. The highest BCUT2D eigenvalue weighted by atomic mass is 35.5. The summed E-state index contributed by atoms with van der Waals surface area (Å²) in [6.45, 7) is 4.70. The summed E-state index contributed by atoms with van der Waals surface area (Å²) >= 11 is 13.1. The fourth-order valence-corrected chi connectivity index (χ4v) is 4.48. The summed E-state index contributed by atoms with van der Waals surface area (Å²) in [7, 11) is 7.40. The second-order valence-corrected chi connectivity index (χ2v) is 11.3. The van der Waals surface area contributed by atoms with Crippen molar-refractivity contribution in [2.45, 2.75) is 33.7 Å². The molecule has 0 unspecified atom stereocenters. The summed E-state index contributed by atoms with van der Waals surface area (Å²) < 4.78 is 33.0. The lowest BCUT2D eigenvalue weighted by atomic mass is 9.95. The van der Waals surface area contributed by atoms with E-state index in [0.717, 1.165) is 0 Å². The van der Waals surface area contributed by atoms with Crippen LogP contribution in [-0.4, -0.2) is 42.2 Å². The van der Waals surface area contributed by atoms with Gasteiger partial charge in [-0.2, -0.15) is 0 Å². The van der Waals surface area contributed by atoms with Gasteiger partial charge in [0.25, 0.3) is 12.3 Å². The number of rotatable bonds is 9. The van der Waals surface area contributed by atoms with Crippen LogP contribution in [0.15, 0.2) is 48.5 Å². The lowest BCUT2D eigenvalue weighted by molar-refractivity contribution is -0.128. The number of benzene rings is 3. The van der Waals surface area contributed by atoms with Crippen molar-refractivity contribution in [2.24, 2.45) is 12.5 Å². The molecule has 0 atom stereocenters. The molecule has 218 valence electrons. The third-order valence-corrected chi connectivity index (χ3v) is 7.04. The normalized spacial score (nSPS) is 11.5. The highest BCUT2D eigenvalue weighted by molar-refractivity contribution is 6.39. The van der Waals surface area contributed by atoms with Crippen LogP contribution in [0.1, 0.15) is 36.7 Å². The van der Waals surface area contributed by atoms with Gasteiger partial charge in [-0.05, 0) is 29.8 Å². The average Bonchev–Trinajstić information content (AvgIpc) is 3.23. The molecule has 13 heteroatoms. The largest absolute Gasteiger partial charge is 0.487 e. The van der Waals surface area contributed by atoms with E-state index in [4.69, 9.17) is 35.8 Å². The SMILES string of the molecule is [B]c1ccc(NC(=O)c2cc3nc(Nc4c(Cl)ccc(CNC(=O)C(C)(C)C)c4Cl)n(C)c3cc2OCC(F)F)cc1. The third kappa shape index (κ3) is 7.14. The maximum absolute atomic E-state index is 13.2. The van der Waals surface area contributed by atoms with Crippen LogP contribution < -0.4 is 26.2 Å². The molecule has 1 aromatic heterocycles. The van der Waals surface area contributed by atoms with Crippen molar-refractivity contribution in [2.75, 3.05) is 17.2 Å². The number of nitrogens with zero attached hydrogens (tertiary/aromatic N) is 2. The Labute approximate surface area is 253 Å². The van der Waals surface area contributed by atoms with Crippen molar-refractivity contribution < 1.29 is 23.1 Å².